The van der Waals surface area contributed by atoms with E-state index in [0.29, 0.717) is 0 Å². The molecule has 1 aromatic heterocycles. The lowest BCUT2D eigenvalue weighted by atomic mass is 9.99. The van der Waals surface area contributed by atoms with Crippen molar-refractivity contribution in [2.45, 2.75) is 19.3 Å². The third kappa shape index (κ3) is 4.24. The van der Waals surface area contributed by atoms with Gasteiger partial charge in [0, 0.05) is 23.0 Å². The first-order valence-electron chi connectivity index (χ1n) is 9.63. The second-order valence-corrected chi connectivity index (χ2v) is 6.96. The lowest BCUT2D eigenvalue weighted by Gasteiger charge is -2.10. The van der Waals surface area contributed by atoms with Gasteiger partial charge < -0.3 is 11.2 Å². The number of anilines is 1. The van der Waals surface area contributed by atoms with Gasteiger partial charge in [-0.2, -0.15) is 5.10 Å². The van der Waals surface area contributed by atoms with Crippen LogP contribution >= 0.6 is 0 Å². The zero-order chi connectivity index (χ0) is 20.1. The molecular weight excluding hydrogens is 360 g/mol. The van der Waals surface area contributed by atoms with E-state index in [1.807, 2.05) is 66.7 Å². The maximum Gasteiger partial charge on any atom is 0.251 e. The standard InChI is InChI=1S/C24H22N4O/c25-27-16-17-5-3-6-19(15-17)21-7-4-8-22(21)24(29)28-20-12-10-18(11-13-20)23-9-1-2-14-26-23/h1-3,5-6,9-16H,4,7-8,25H2,(H,28,29). The summed E-state index contributed by atoms with van der Waals surface area (Å²) in [5.74, 6) is 5.22. The van der Waals surface area contributed by atoms with Crippen LogP contribution in [0.25, 0.3) is 16.8 Å². The number of hydrazone groups is 1. The zero-order valence-electron chi connectivity index (χ0n) is 16.0. The minimum absolute atomic E-state index is 0.0408. The van der Waals surface area contributed by atoms with Crippen LogP contribution < -0.4 is 11.2 Å². The van der Waals surface area contributed by atoms with Gasteiger partial charge in [-0.05, 0) is 66.3 Å². The number of pyridine rings is 1. The molecular formula is C24H22N4O. The number of aromatic nitrogens is 1. The van der Waals surface area contributed by atoms with E-state index in [1.165, 1.54) is 0 Å². The van der Waals surface area contributed by atoms with Crippen LogP contribution in [0.5, 0.6) is 0 Å². The van der Waals surface area contributed by atoms with Crippen molar-refractivity contribution in [2.24, 2.45) is 10.9 Å². The third-order valence-electron chi connectivity index (χ3n) is 5.05. The SMILES string of the molecule is NN=Cc1cccc(C2=C(C(=O)Nc3ccc(-c4ccccn4)cc3)CCC2)c1. The van der Waals surface area contributed by atoms with Gasteiger partial charge in [0.15, 0.2) is 0 Å². The topological polar surface area (TPSA) is 80.4 Å². The molecule has 3 N–H and O–H groups in total. The maximum atomic E-state index is 12.9. The first-order valence-corrected chi connectivity index (χ1v) is 9.63. The van der Waals surface area contributed by atoms with Gasteiger partial charge in [-0.15, -0.1) is 0 Å². The lowest BCUT2D eigenvalue weighted by Crippen LogP contribution is -2.14. The number of hydrogen-bond donors (Lipinski definition) is 2. The number of nitrogens with one attached hydrogen (secondary N) is 1. The highest BCUT2D eigenvalue weighted by atomic mass is 16.1. The quantitative estimate of drug-likeness (QED) is 0.384. The minimum atomic E-state index is -0.0408. The minimum Gasteiger partial charge on any atom is -0.323 e. The van der Waals surface area contributed by atoms with E-state index in [9.17, 15) is 4.79 Å². The Morgan fingerprint density at radius 1 is 1.00 bits per heavy atom. The van der Waals surface area contributed by atoms with Gasteiger partial charge >= 0.3 is 0 Å². The summed E-state index contributed by atoms with van der Waals surface area (Å²) >= 11 is 0. The Kier molecular flexibility index (Phi) is 5.47. The first kappa shape index (κ1) is 18.6. The fraction of sp³-hybridized carbons (Fsp3) is 0.125. The second kappa shape index (κ2) is 8.52. The van der Waals surface area contributed by atoms with Crippen LogP contribution in [0.1, 0.15) is 30.4 Å². The summed E-state index contributed by atoms with van der Waals surface area (Å²) in [4.78, 5) is 17.3. The summed E-state index contributed by atoms with van der Waals surface area (Å²) in [7, 11) is 0. The summed E-state index contributed by atoms with van der Waals surface area (Å²) in [5.41, 5.74) is 6.62. The highest BCUT2D eigenvalue weighted by Crippen LogP contribution is 2.34. The molecule has 0 aliphatic heterocycles. The number of rotatable bonds is 5. The smallest absolute Gasteiger partial charge is 0.251 e. The third-order valence-corrected chi connectivity index (χ3v) is 5.05. The van der Waals surface area contributed by atoms with Crippen molar-refractivity contribution in [3.05, 3.63) is 89.6 Å². The zero-order valence-corrected chi connectivity index (χ0v) is 16.0. The predicted octanol–water partition coefficient (Wildman–Crippen LogP) is 4.62. The normalized spacial score (nSPS) is 13.8. The number of carbonyl (C=O) groups excluding carboxylic acids is 1. The molecule has 144 valence electrons. The highest BCUT2D eigenvalue weighted by molar-refractivity contribution is 6.09. The molecule has 0 fully saturated rings. The summed E-state index contributed by atoms with van der Waals surface area (Å²) in [6.07, 6.45) is 6.04. The number of benzene rings is 2. The number of allylic oxidation sites excluding steroid dienone is 1. The molecule has 1 aliphatic carbocycles. The van der Waals surface area contributed by atoms with Crippen LogP contribution in [0.2, 0.25) is 0 Å². The Morgan fingerprint density at radius 3 is 2.62 bits per heavy atom. The molecule has 0 atom stereocenters. The van der Waals surface area contributed by atoms with Crippen LogP contribution in [-0.4, -0.2) is 17.1 Å². The average Bonchev–Trinajstić information content (AvgIpc) is 3.26. The van der Waals surface area contributed by atoms with Crippen molar-refractivity contribution in [3.63, 3.8) is 0 Å². The van der Waals surface area contributed by atoms with E-state index in [4.69, 9.17) is 5.84 Å². The van der Waals surface area contributed by atoms with Crippen molar-refractivity contribution < 1.29 is 4.79 Å². The molecule has 3 aromatic rings. The number of amides is 1. The molecule has 0 saturated carbocycles. The summed E-state index contributed by atoms with van der Waals surface area (Å²) < 4.78 is 0. The molecule has 29 heavy (non-hydrogen) atoms. The van der Waals surface area contributed by atoms with Gasteiger partial charge in [-0.3, -0.25) is 9.78 Å². The number of carbonyl (C=O) groups is 1. The molecule has 1 amide bonds. The largest absolute Gasteiger partial charge is 0.323 e. The van der Waals surface area contributed by atoms with Crippen molar-refractivity contribution >= 4 is 23.4 Å². The van der Waals surface area contributed by atoms with Crippen LogP contribution in [0.4, 0.5) is 5.69 Å². The molecule has 0 radical (unpaired) electrons. The Bertz CT molecular complexity index is 1070. The molecule has 0 saturated heterocycles. The van der Waals surface area contributed by atoms with Crippen LogP contribution in [-0.2, 0) is 4.79 Å². The highest BCUT2D eigenvalue weighted by Gasteiger charge is 2.22. The number of hydrogen-bond acceptors (Lipinski definition) is 4. The lowest BCUT2D eigenvalue weighted by molar-refractivity contribution is -0.112. The van der Waals surface area contributed by atoms with Gasteiger partial charge in [0.25, 0.3) is 5.91 Å². The summed E-state index contributed by atoms with van der Waals surface area (Å²) in [6, 6.07) is 21.5. The van der Waals surface area contributed by atoms with Gasteiger partial charge in [-0.1, -0.05) is 36.4 Å². The maximum absolute atomic E-state index is 12.9. The van der Waals surface area contributed by atoms with E-state index in [0.717, 1.165) is 58.5 Å². The number of nitrogens with zero attached hydrogens (tertiary/aromatic N) is 2. The van der Waals surface area contributed by atoms with Crippen LogP contribution in [0.15, 0.2) is 83.6 Å². The molecule has 2 aromatic carbocycles. The molecule has 0 bridgehead atoms. The average molecular weight is 382 g/mol. The second-order valence-electron chi connectivity index (χ2n) is 6.96. The first-order chi connectivity index (χ1) is 14.2. The Balaban J connectivity index is 1.54. The van der Waals surface area contributed by atoms with E-state index < -0.39 is 0 Å². The van der Waals surface area contributed by atoms with Gasteiger partial charge in [0.05, 0.1) is 11.9 Å². The van der Waals surface area contributed by atoms with E-state index >= 15 is 0 Å². The predicted molar refractivity (Wildman–Crippen MR) is 117 cm³/mol. The van der Waals surface area contributed by atoms with E-state index in [1.54, 1.807) is 12.4 Å². The Morgan fingerprint density at radius 2 is 1.86 bits per heavy atom. The van der Waals surface area contributed by atoms with Crippen molar-refractivity contribution in [1.29, 1.82) is 0 Å². The van der Waals surface area contributed by atoms with Gasteiger partial charge in [0.1, 0.15) is 0 Å². The van der Waals surface area contributed by atoms with Crippen molar-refractivity contribution in [1.82, 2.24) is 4.98 Å². The van der Waals surface area contributed by atoms with Crippen LogP contribution in [0.3, 0.4) is 0 Å². The fourth-order valence-electron chi connectivity index (χ4n) is 3.67. The molecule has 5 nitrogen and oxygen atoms in total. The van der Waals surface area contributed by atoms with Crippen molar-refractivity contribution in [2.75, 3.05) is 5.32 Å². The van der Waals surface area contributed by atoms with Crippen LogP contribution in [0, 0.1) is 0 Å². The molecule has 4 rings (SSSR count). The molecule has 1 heterocycles. The number of nitrogens with two attached hydrogens (primary N) is 1. The summed E-state index contributed by atoms with van der Waals surface area (Å²) in [6.45, 7) is 0. The molecule has 0 spiro atoms. The fourth-order valence-corrected chi connectivity index (χ4v) is 3.67. The van der Waals surface area contributed by atoms with E-state index in [-0.39, 0.29) is 5.91 Å². The van der Waals surface area contributed by atoms with Gasteiger partial charge in [0.2, 0.25) is 0 Å². The van der Waals surface area contributed by atoms with E-state index in [2.05, 4.69) is 15.4 Å². The Hall–Kier alpha value is -3.73. The summed E-state index contributed by atoms with van der Waals surface area (Å²) in [5, 5.41) is 6.63. The Labute approximate surface area is 170 Å². The molecule has 5 heteroatoms. The molecule has 1 aliphatic rings. The van der Waals surface area contributed by atoms with Crippen molar-refractivity contribution in [3.8, 4) is 11.3 Å². The monoisotopic (exact) mass is 382 g/mol. The molecule has 0 unspecified atom stereocenters. The van der Waals surface area contributed by atoms with Gasteiger partial charge in [-0.25, -0.2) is 0 Å².